The van der Waals surface area contributed by atoms with Crippen molar-refractivity contribution in [2.75, 3.05) is 0 Å². The first-order chi connectivity index (χ1) is 8.20. The van der Waals surface area contributed by atoms with E-state index in [-0.39, 0.29) is 5.15 Å². The first-order valence-electron chi connectivity index (χ1n) is 5.48. The summed E-state index contributed by atoms with van der Waals surface area (Å²) in [6, 6.07) is 9.98. The predicted octanol–water partition coefficient (Wildman–Crippen LogP) is 4.40. The molecule has 0 N–H and O–H groups in total. The zero-order valence-corrected chi connectivity index (χ0v) is 11.0. The Hall–Kier alpha value is -1.12. The molecule has 4 heteroatoms. The number of aromatic nitrogens is 2. The molecule has 1 aromatic heterocycles. The molecule has 17 heavy (non-hydrogen) atoms. The van der Waals surface area contributed by atoms with E-state index < -0.39 is 0 Å². The van der Waals surface area contributed by atoms with Crippen LogP contribution in [-0.4, -0.2) is 10.2 Å². The minimum absolute atomic E-state index is 0.234. The van der Waals surface area contributed by atoms with Crippen molar-refractivity contribution in [1.82, 2.24) is 10.2 Å². The number of halogens is 2. The fraction of sp³-hybridized carbons (Fsp3) is 0.231. The molecule has 0 spiro atoms. The van der Waals surface area contributed by atoms with Gasteiger partial charge < -0.3 is 0 Å². The second kappa shape index (κ2) is 5.48. The quantitative estimate of drug-likeness (QED) is 0.823. The molecule has 2 aromatic rings. The molecule has 0 radical (unpaired) electrons. The summed E-state index contributed by atoms with van der Waals surface area (Å²) in [5.74, 6) is 0. The lowest BCUT2D eigenvalue weighted by Crippen LogP contribution is -1.89. The molecule has 0 saturated heterocycles. The Balaban J connectivity index is 2.30. The Labute approximate surface area is 111 Å². The smallest absolute Gasteiger partial charge is 0.149 e. The van der Waals surface area contributed by atoms with Gasteiger partial charge in [-0.2, -0.15) is 0 Å². The highest BCUT2D eigenvalue weighted by Gasteiger charge is 2.05. The zero-order valence-electron chi connectivity index (χ0n) is 9.45. The Morgan fingerprint density at radius 3 is 2.35 bits per heavy atom. The van der Waals surface area contributed by atoms with E-state index >= 15 is 0 Å². The van der Waals surface area contributed by atoms with E-state index in [1.54, 1.807) is 6.07 Å². The van der Waals surface area contributed by atoms with Crippen LogP contribution < -0.4 is 0 Å². The van der Waals surface area contributed by atoms with Crippen molar-refractivity contribution >= 4 is 23.2 Å². The summed E-state index contributed by atoms with van der Waals surface area (Å²) in [6.45, 7) is 2.17. The van der Waals surface area contributed by atoms with Crippen molar-refractivity contribution in [3.8, 4) is 11.3 Å². The van der Waals surface area contributed by atoms with Crippen molar-refractivity contribution in [2.24, 2.45) is 0 Å². The Bertz CT molecular complexity index is 509. The lowest BCUT2D eigenvalue weighted by atomic mass is 10.1. The maximum Gasteiger partial charge on any atom is 0.170 e. The van der Waals surface area contributed by atoms with Crippen LogP contribution in [0.4, 0.5) is 0 Å². The molecule has 2 nitrogen and oxygen atoms in total. The van der Waals surface area contributed by atoms with E-state index in [9.17, 15) is 0 Å². The van der Waals surface area contributed by atoms with E-state index in [4.69, 9.17) is 23.2 Å². The Morgan fingerprint density at radius 1 is 1.06 bits per heavy atom. The van der Waals surface area contributed by atoms with Gasteiger partial charge in [-0.3, -0.25) is 0 Å². The molecule has 1 heterocycles. The van der Waals surface area contributed by atoms with Crippen LogP contribution in [0.25, 0.3) is 11.3 Å². The van der Waals surface area contributed by atoms with Crippen LogP contribution in [0.15, 0.2) is 30.3 Å². The zero-order chi connectivity index (χ0) is 12.3. The molecule has 2 rings (SSSR count). The van der Waals surface area contributed by atoms with E-state index in [1.807, 2.05) is 12.1 Å². The van der Waals surface area contributed by atoms with Gasteiger partial charge >= 0.3 is 0 Å². The van der Waals surface area contributed by atoms with Crippen LogP contribution in [0.5, 0.6) is 0 Å². The van der Waals surface area contributed by atoms with Crippen molar-refractivity contribution < 1.29 is 0 Å². The first-order valence-corrected chi connectivity index (χ1v) is 6.24. The van der Waals surface area contributed by atoms with E-state index in [2.05, 4.69) is 29.3 Å². The maximum atomic E-state index is 5.91. The number of nitrogens with zero attached hydrogens (tertiary/aromatic N) is 2. The standard InChI is InChI=1S/C13H12Cl2N2/c1-2-3-9-4-6-10(7-5-9)12-8-11(14)13(15)17-16-12/h4-8H,2-3H2,1H3. The molecule has 0 fully saturated rings. The second-order valence-electron chi connectivity index (χ2n) is 3.82. The molecule has 0 bridgehead atoms. The van der Waals surface area contributed by atoms with Gasteiger partial charge in [-0.05, 0) is 18.1 Å². The molecule has 0 aliphatic rings. The lowest BCUT2D eigenvalue weighted by Gasteiger charge is -2.03. The van der Waals surface area contributed by atoms with Gasteiger partial charge in [-0.1, -0.05) is 60.8 Å². The van der Waals surface area contributed by atoms with Crippen LogP contribution >= 0.6 is 23.2 Å². The molecule has 0 saturated carbocycles. The van der Waals surface area contributed by atoms with Crippen molar-refractivity contribution in [2.45, 2.75) is 19.8 Å². The summed E-state index contributed by atoms with van der Waals surface area (Å²) in [5.41, 5.74) is 3.06. The van der Waals surface area contributed by atoms with Gasteiger partial charge in [0, 0.05) is 5.56 Å². The van der Waals surface area contributed by atoms with Gasteiger partial charge in [-0.25, -0.2) is 0 Å². The highest BCUT2D eigenvalue weighted by molar-refractivity contribution is 6.41. The van der Waals surface area contributed by atoms with Crippen LogP contribution in [0, 0.1) is 0 Å². The first kappa shape index (κ1) is 12.3. The highest BCUT2D eigenvalue weighted by atomic mass is 35.5. The molecule has 88 valence electrons. The normalized spacial score (nSPS) is 10.5. The van der Waals surface area contributed by atoms with Gasteiger partial charge in [0.05, 0.1) is 10.7 Å². The number of aryl methyl sites for hydroxylation is 1. The van der Waals surface area contributed by atoms with Gasteiger partial charge in [0.1, 0.15) is 0 Å². The third-order valence-electron chi connectivity index (χ3n) is 2.49. The second-order valence-corrected chi connectivity index (χ2v) is 4.58. The summed E-state index contributed by atoms with van der Waals surface area (Å²) < 4.78 is 0. The van der Waals surface area contributed by atoms with Crippen LogP contribution in [-0.2, 0) is 6.42 Å². The summed E-state index contributed by atoms with van der Waals surface area (Å²) in [7, 11) is 0. The summed E-state index contributed by atoms with van der Waals surface area (Å²) >= 11 is 11.6. The maximum absolute atomic E-state index is 5.91. The molecular weight excluding hydrogens is 255 g/mol. The minimum Gasteiger partial charge on any atom is -0.149 e. The highest BCUT2D eigenvalue weighted by Crippen LogP contribution is 2.24. The molecule has 0 atom stereocenters. The third-order valence-corrected chi connectivity index (χ3v) is 3.16. The molecule has 1 aromatic carbocycles. The number of rotatable bonds is 3. The monoisotopic (exact) mass is 266 g/mol. The van der Waals surface area contributed by atoms with Crippen LogP contribution in [0.2, 0.25) is 10.2 Å². The summed E-state index contributed by atoms with van der Waals surface area (Å²) in [6.07, 6.45) is 2.24. The number of hydrogen-bond donors (Lipinski definition) is 0. The topological polar surface area (TPSA) is 25.8 Å². The molecule has 0 aliphatic heterocycles. The van der Waals surface area contributed by atoms with Gasteiger partial charge in [0.25, 0.3) is 0 Å². The SMILES string of the molecule is CCCc1ccc(-c2cc(Cl)c(Cl)nn2)cc1. The number of benzene rings is 1. The fourth-order valence-corrected chi connectivity index (χ4v) is 1.86. The van der Waals surface area contributed by atoms with Gasteiger partial charge in [0.2, 0.25) is 0 Å². The Morgan fingerprint density at radius 2 is 1.76 bits per heavy atom. The largest absolute Gasteiger partial charge is 0.170 e. The lowest BCUT2D eigenvalue weighted by molar-refractivity contribution is 0.922. The van der Waals surface area contributed by atoms with Gasteiger partial charge in [0.15, 0.2) is 5.15 Å². The van der Waals surface area contributed by atoms with E-state index in [0.717, 1.165) is 24.1 Å². The predicted molar refractivity (Wildman–Crippen MR) is 71.5 cm³/mol. The summed E-state index contributed by atoms with van der Waals surface area (Å²) in [5, 5.41) is 8.48. The van der Waals surface area contributed by atoms with E-state index in [0.29, 0.717) is 5.02 Å². The van der Waals surface area contributed by atoms with Crippen molar-refractivity contribution in [3.05, 3.63) is 46.1 Å². The Kier molecular flexibility index (Phi) is 3.97. The van der Waals surface area contributed by atoms with Crippen LogP contribution in [0.1, 0.15) is 18.9 Å². The average molecular weight is 267 g/mol. The van der Waals surface area contributed by atoms with Crippen molar-refractivity contribution in [1.29, 1.82) is 0 Å². The molecular formula is C13H12Cl2N2. The fourth-order valence-electron chi connectivity index (χ4n) is 1.63. The summed E-state index contributed by atoms with van der Waals surface area (Å²) in [4.78, 5) is 0. The third kappa shape index (κ3) is 2.96. The van der Waals surface area contributed by atoms with Gasteiger partial charge in [-0.15, -0.1) is 10.2 Å². The average Bonchev–Trinajstić information content (AvgIpc) is 2.34. The van der Waals surface area contributed by atoms with E-state index in [1.165, 1.54) is 5.56 Å². The number of hydrogen-bond acceptors (Lipinski definition) is 2. The minimum atomic E-state index is 0.234. The molecule has 0 aliphatic carbocycles. The molecule has 0 unspecified atom stereocenters. The van der Waals surface area contributed by atoms with Crippen molar-refractivity contribution in [3.63, 3.8) is 0 Å². The van der Waals surface area contributed by atoms with Crippen LogP contribution in [0.3, 0.4) is 0 Å². The molecule has 0 amide bonds.